The van der Waals surface area contributed by atoms with Crippen molar-refractivity contribution in [3.8, 4) is 0 Å². The van der Waals surface area contributed by atoms with E-state index < -0.39 is 17.4 Å². The molecule has 2 rings (SSSR count). The van der Waals surface area contributed by atoms with E-state index in [1.165, 1.54) is 0 Å². The fourth-order valence-electron chi connectivity index (χ4n) is 1.27. The molecule has 0 atom stereocenters. The zero-order chi connectivity index (χ0) is 10.7. The summed E-state index contributed by atoms with van der Waals surface area (Å²) in [4.78, 5) is 22.2. The largest absolute Gasteiger partial charge is 0.351 e. The maximum Gasteiger partial charge on any atom is 0.330 e. The molecule has 7 nitrogen and oxygen atoms in total. The molecule has 1 aromatic rings. The average molecular weight is 212 g/mol. The van der Waals surface area contributed by atoms with Crippen LogP contribution in [-0.4, -0.2) is 34.3 Å². The SMILES string of the molecule is O=c1[nH]n[c]n(CC2OCCCO2)c1=O. The van der Waals surface area contributed by atoms with Crippen molar-refractivity contribution >= 4 is 0 Å². The van der Waals surface area contributed by atoms with Gasteiger partial charge in [0.2, 0.25) is 6.33 Å². The molecule has 0 spiro atoms. The van der Waals surface area contributed by atoms with Gasteiger partial charge in [-0.1, -0.05) is 0 Å². The lowest BCUT2D eigenvalue weighted by molar-refractivity contribution is -0.185. The molecule has 1 saturated heterocycles. The topological polar surface area (TPSA) is 86.2 Å². The molecule has 0 aliphatic carbocycles. The van der Waals surface area contributed by atoms with E-state index >= 15 is 0 Å². The van der Waals surface area contributed by atoms with E-state index in [1.807, 2.05) is 5.10 Å². The second-order valence-corrected chi connectivity index (χ2v) is 3.09. The van der Waals surface area contributed by atoms with Gasteiger partial charge in [-0.3, -0.25) is 14.2 Å². The van der Waals surface area contributed by atoms with Crippen LogP contribution in [0.15, 0.2) is 9.59 Å². The number of hydrogen-bond donors (Lipinski definition) is 1. The number of H-pyrrole nitrogens is 1. The minimum atomic E-state index is -0.774. The average Bonchev–Trinajstić information content (AvgIpc) is 2.26. The molecule has 1 aliphatic heterocycles. The van der Waals surface area contributed by atoms with Crippen LogP contribution in [0, 0.1) is 6.33 Å². The monoisotopic (exact) mass is 212 g/mol. The summed E-state index contributed by atoms with van der Waals surface area (Å²) in [6.45, 7) is 1.32. The van der Waals surface area contributed by atoms with E-state index in [2.05, 4.69) is 11.4 Å². The van der Waals surface area contributed by atoms with Crippen molar-refractivity contribution in [3.63, 3.8) is 0 Å². The Morgan fingerprint density at radius 1 is 1.47 bits per heavy atom. The second kappa shape index (κ2) is 4.37. The summed E-state index contributed by atoms with van der Waals surface area (Å²) in [6.07, 6.45) is 2.70. The van der Waals surface area contributed by atoms with Crippen molar-refractivity contribution in [1.82, 2.24) is 14.8 Å². The maximum absolute atomic E-state index is 11.3. The number of ether oxygens (including phenoxy) is 2. The van der Waals surface area contributed by atoms with Crippen molar-refractivity contribution in [3.05, 3.63) is 27.0 Å². The highest BCUT2D eigenvalue weighted by Crippen LogP contribution is 2.05. The Bertz CT molecular complexity index is 432. The molecule has 7 heteroatoms. The van der Waals surface area contributed by atoms with Gasteiger partial charge in [0, 0.05) is 0 Å². The maximum atomic E-state index is 11.3. The van der Waals surface area contributed by atoms with Gasteiger partial charge in [0.25, 0.3) is 0 Å². The highest BCUT2D eigenvalue weighted by atomic mass is 16.7. The summed E-state index contributed by atoms with van der Waals surface area (Å²) >= 11 is 0. The van der Waals surface area contributed by atoms with E-state index in [1.54, 1.807) is 0 Å². The molecule has 1 aliphatic rings. The van der Waals surface area contributed by atoms with Crippen LogP contribution in [-0.2, 0) is 16.0 Å². The number of rotatable bonds is 2. The molecule has 0 amide bonds. The van der Waals surface area contributed by atoms with E-state index in [9.17, 15) is 9.59 Å². The minimum Gasteiger partial charge on any atom is -0.351 e. The fraction of sp³-hybridized carbons (Fsp3) is 0.625. The van der Waals surface area contributed by atoms with Crippen molar-refractivity contribution in [2.45, 2.75) is 19.3 Å². The molecule has 0 bridgehead atoms. The Balaban J connectivity index is 2.13. The van der Waals surface area contributed by atoms with Gasteiger partial charge in [0.15, 0.2) is 6.29 Å². The van der Waals surface area contributed by atoms with Gasteiger partial charge in [0.05, 0.1) is 19.8 Å². The standard InChI is InChI=1S/C8H10N3O4/c12-7-8(13)11(5-9-10-7)4-6-14-2-1-3-15-6/h6H,1-4H2,(H,10,12). The van der Waals surface area contributed by atoms with Crippen LogP contribution < -0.4 is 11.1 Å². The van der Waals surface area contributed by atoms with Crippen molar-refractivity contribution in [2.24, 2.45) is 0 Å². The van der Waals surface area contributed by atoms with Gasteiger partial charge in [-0.15, -0.1) is 0 Å². The number of hydrogen-bond acceptors (Lipinski definition) is 5. The number of aromatic amines is 1. The molecular weight excluding hydrogens is 202 g/mol. The third kappa shape index (κ3) is 2.31. The summed E-state index contributed by atoms with van der Waals surface area (Å²) < 4.78 is 11.5. The first kappa shape index (κ1) is 10.1. The number of aromatic nitrogens is 3. The van der Waals surface area contributed by atoms with Gasteiger partial charge in [-0.05, 0) is 6.42 Å². The van der Waals surface area contributed by atoms with Crippen molar-refractivity contribution in [2.75, 3.05) is 13.2 Å². The lowest BCUT2D eigenvalue weighted by atomic mass is 10.4. The van der Waals surface area contributed by atoms with Gasteiger partial charge in [0.1, 0.15) is 0 Å². The highest BCUT2D eigenvalue weighted by Gasteiger charge is 2.16. The van der Waals surface area contributed by atoms with Crippen LogP contribution in [0.1, 0.15) is 6.42 Å². The molecular formula is C8H10N3O4. The molecule has 1 fully saturated rings. The van der Waals surface area contributed by atoms with E-state index in [4.69, 9.17) is 9.47 Å². The molecule has 1 aromatic heterocycles. The molecule has 81 valence electrons. The van der Waals surface area contributed by atoms with Crippen LogP contribution in [0.3, 0.4) is 0 Å². The minimum absolute atomic E-state index is 0.135. The van der Waals surface area contributed by atoms with Gasteiger partial charge >= 0.3 is 11.1 Å². The predicted molar refractivity (Wildman–Crippen MR) is 48.3 cm³/mol. The quantitative estimate of drug-likeness (QED) is 0.602. The lowest BCUT2D eigenvalue weighted by Crippen LogP contribution is -2.41. The van der Waals surface area contributed by atoms with Gasteiger partial charge in [-0.2, -0.15) is 5.10 Å². The normalized spacial score (nSPS) is 17.9. The first-order chi connectivity index (χ1) is 7.27. The fourth-order valence-corrected chi connectivity index (χ4v) is 1.27. The van der Waals surface area contributed by atoms with Gasteiger partial charge in [-0.25, -0.2) is 5.10 Å². The highest BCUT2D eigenvalue weighted by molar-refractivity contribution is 4.74. The lowest BCUT2D eigenvalue weighted by Gasteiger charge is -2.23. The van der Waals surface area contributed by atoms with E-state index in [-0.39, 0.29) is 6.54 Å². The summed E-state index contributed by atoms with van der Waals surface area (Å²) in [7, 11) is 0. The Hall–Kier alpha value is -1.47. The summed E-state index contributed by atoms with van der Waals surface area (Å²) in [5, 5.41) is 5.40. The molecule has 0 aromatic carbocycles. The van der Waals surface area contributed by atoms with Gasteiger partial charge < -0.3 is 9.47 Å². The Morgan fingerprint density at radius 3 is 2.93 bits per heavy atom. The summed E-state index contributed by atoms with van der Waals surface area (Å²) in [6, 6.07) is 0. The van der Waals surface area contributed by atoms with Crippen LogP contribution >= 0.6 is 0 Å². The summed E-state index contributed by atoms with van der Waals surface area (Å²) in [5.74, 6) is 0. The zero-order valence-corrected chi connectivity index (χ0v) is 7.93. The molecule has 0 unspecified atom stereocenters. The Labute approximate surface area is 84.6 Å². The van der Waals surface area contributed by atoms with Crippen molar-refractivity contribution < 1.29 is 9.47 Å². The number of nitrogens with zero attached hydrogens (tertiary/aromatic N) is 2. The van der Waals surface area contributed by atoms with E-state index in [0.717, 1.165) is 11.0 Å². The molecule has 0 saturated carbocycles. The first-order valence-corrected chi connectivity index (χ1v) is 4.58. The predicted octanol–water partition coefficient (Wildman–Crippen LogP) is -1.51. The molecule has 1 N–H and O–H groups in total. The van der Waals surface area contributed by atoms with Crippen molar-refractivity contribution in [1.29, 1.82) is 0 Å². The summed E-state index contributed by atoms with van der Waals surface area (Å²) in [5.41, 5.74) is -1.48. The first-order valence-electron chi connectivity index (χ1n) is 4.58. The van der Waals surface area contributed by atoms with Crippen LogP contribution in [0.5, 0.6) is 0 Å². The van der Waals surface area contributed by atoms with Crippen LogP contribution in [0.4, 0.5) is 0 Å². The van der Waals surface area contributed by atoms with Crippen LogP contribution in [0.25, 0.3) is 0 Å². The smallest absolute Gasteiger partial charge is 0.330 e. The molecule has 2 heterocycles. The third-order valence-corrected chi connectivity index (χ3v) is 2.00. The Kier molecular flexibility index (Phi) is 2.93. The zero-order valence-electron chi connectivity index (χ0n) is 7.93. The molecule has 15 heavy (non-hydrogen) atoms. The number of nitrogens with one attached hydrogen (secondary N) is 1. The van der Waals surface area contributed by atoms with E-state index in [0.29, 0.717) is 13.2 Å². The second-order valence-electron chi connectivity index (χ2n) is 3.09. The molecule has 1 radical (unpaired) electrons. The third-order valence-electron chi connectivity index (χ3n) is 2.00. The van der Waals surface area contributed by atoms with Crippen LogP contribution in [0.2, 0.25) is 0 Å². The Morgan fingerprint density at radius 2 is 2.20 bits per heavy atom.